The summed E-state index contributed by atoms with van der Waals surface area (Å²) in [5.41, 5.74) is 1.21. The maximum absolute atomic E-state index is 13.6. The van der Waals surface area contributed by atoms with Crippen LogP contribution in [-0.4, -0.2) is 33.6 Å². The maximum atomic E-state index is 13.6. The van der Waals surface area contributed by atoms with Gasteiger partial charge in [0.2, 0.25) is 0 Å². The Morgan fingerprint density at radius 3 is 2.89 bits per heavy atom. The van der Waals surface area contributed by atoms with Gasteiger partial charge >= 0.3 is 7.12 Å². The van der Waals surface area contributed by atoms with Gasteiger partial charge in [-0.25, -0.2) is 9.07 Å². The normalized spacial score (nSPS) is 19.3. The van der Waals surface area contributed by atoms with Gasteiger partial charge < -0.3 is 14.8 Å². The number of ether oxygens (including phenoxy) is 1. The van der Waals surface area contributed by atoms with Gasteiger partial charge in [-0.1, -0.05) is 0 Å². The lowest BCUT2D eigenvalue weighted by atomic mass is 9.84. The second-order valence-corrected chi connectivity index (χ2v) is 4.79. The summed E-state index contributed by atoms with van der Waals surface area (Å²) in [6.45, 7) is 2.32. The molecule has 0 radical (unpaired) electrons. The number of aryl methyl sites for hydroxylation is 1. The highest BCUT2D eigenvalue weighted by atomic mass is 19.1. The van der Waals surface area contributed by atoms with Crippen LogP contribution in [0.2, 0.25) is 0 Å². The molecule has 1 aromatic heterocycles. The van der Waals surface area contributed by atoms with E-state index in [0.29, 0.717) is 23.1 Å². The van der Waals surface area contributed by atoms with Crippen LogP contribution in [0.3, 0.4) is 0 Å². The van der Waals surface area contributed by atoms with E-state index in [1.165, 1.54) is 6.07 Å². The number of fused-ring (bicyclic) bond motifs is 1. The molecule has 0 bridgehead atoms. The summed E-state index contributed by atoms with van der Waals surface area (Å²) in [6, 6.07) is 2.95. The fraction of sp³-hybridized carbons (Fsp3) is 0.417. The zero-order valence-electron chi connectivity index (χ0n) is 10.5. The molecule has 1 saturated heterocycles. The quantitative estimate of drug-likeness (QED) is 0.774. The van der Waals surface area contributed by atoms with E-state index in [1.54, 1.807) is 17.7 Å². The lowest BCUT2D eigenvalue weighted by molar-refractivity contribution is 0.0506. The van der Waals surface area contributed by atoms with Crippen molar-refractivity contribution in [3.05, 3.63) is 23.5 Å². The first-order valence-electron chi connectivity index (χ1n) is 6.24. The average molecular weight is 264 g/mol. The van der Waals surface area contributed by atoms with Crippen molar-refractivity contribution >= 4 is 23.6 Å². The van der Waals surface area contributed by atoms with Crippen molar-refractivity contribution in [2.45, 2.75) is 26.0 Å². The molecule has 1 aromatic carbocycles. The van der Waals surface area contributed by atoms with Crippen LogP contribution in [0.15, 0.2) is 12.1 Å². The van der Waals surface area contributed by atoms with Crippen LogP contribution in [0.5, 0.6) is 0 Å². The number of aromatic nitrogens is 2. The molecule has 19 heavy (non-hydrogen) atoms. The van der Waals surface area contributed by atoms with Gasteiger partial charge in [-0.3, -0.25) is 0 Å². The van der Waals surface area contributed by atoms with E-state index >= 15 is 0 Å². The van der Waals surface area contributed by atoms with Gasteiger partial charge in [-0.15, -0.1) is 0 Å². The van der Waals surface area contributed by atoms with Crippen molar-refractivity contribution < 1.29 is 19.2 Å². The Bertz CT molecular complexity index is 623. The standard InChI is InChI=1S/C12H14BFN2O3/c1-7-5-10-8(6-9(7)14)12(13(17)18)15-16(10)11-3-2-4-19-11/h5-6,11,17-18H,2-4H2,1H3. The van der Waals surface area contributed by atoms with Crippen molar-refractivity contribution in [2.75, 3.05) is 6.61 Å². The molecular weight excluding hydrogens is 250 g/mol. The van der Waals surface area contributed by atoms with Gasteiger partial charge in [0.1, 0.15) is 11.4 Å². The Balaban J connectivity index is 2.23. The molecule has 2 N–H and O–H groups in total. The first-order chi connectivity index (χ1) is 9.08. The minimum absolute atomic E-state index is 0.0596. The number of halogens is 1. The molecule has 2 heterocycles. The summed E-state index contributed by atoms with van der Waals surface area (Å²) in [4.78, 5) is 0. The minimum atomic E-state index is -1.73. The predicted octanol–water partition coefficient (Wildman–Crippen LogP) is 0.473. The second kappa shape index (κ2) is 4.59. The van der Waals surface area contributed by atoms with Crippen LogP contribution in [0.4, 0.5) is 4.39 Å². The lowest BCUT2D eigenvalue weighted by Gasteiger charge is -2.11. The van der Waals surface area contributed by atoms with Crippen LogP contribution in [-0.2, 0) is 4.74 Å². The van der Waals surface area contributed by atoms with E-state index in [2.05, 4.69) is 5.10 Å². The van der Waals surface area contributed by atoms with Crippen molar-refractivity contribution in [1.29, 1.82) is 0 Å². The van der Waals surface area contributed by atoms with Crippen LogP contribution < -0.4 is 5.59 Å². The smallest absolute Gasteiger partial charge is 0.422 e. The van der Waals surface area contributed by atoms with Crippen LogP contribution in [0, 0.1) is 12.7 Å². The number of nitrogens with zero attached hydrogens (tertiary/aromatic N) is 2. The van der Waals surface area contributed by atoms with Gasteiger partial charge in [0.15, 0.2) is 6.23 Å². The monoisotopic (exact) mass is 264 g/mol. The zero-order valence-corrected chi connectivity index (χ0v) is 10.5. The molecular formula is C12H14BFN2O3. The molecule has 0 aliphatic carbocycles. The largest absolute Gasteiger partial charge is 0.510 e. The van der Waals surface area contributed by atoms with Crippen LogP contribution >= 0.6 is 0 Å². The molecule has 3 rings (SSSR count). The molecule has 5 nitrogen and oxygen atoms in total. The number of hydrogen-bond acceptors (Lipinski definition) is 4. The van der Waals surface area contributed by atoms with Crippen molar-refractivity contribution in [1.82, 2.24) is 9.78 Å². The third-order valence-electron chi connectivity index (χ3n) is 3.44. The summed E-state index contributed by atoms with van der Waals surface area (Å²) in [5, 5.41) is 23.3. The van der Waals surface area contributed by atoms with E-state index < -0.39 is 7.12 Å². The molecule has 1 fully saturated rings. The van der Waals surface area contributed by atoms with E-state index in [0.717, 1.165) is 12.8 Å². The fourth-order valence-corrected chi connectivity index (χ4v) is 2.45. The van der Waals surface area contributed by atoms with Crippen molar-refractivity contribution in [3.8, 4) is 0 Å². The number of rotatable bonds is 2. The summed E-state index contributed by atoms with van der Waals surface area (Å²) in [5.74, 6) is -0.388. The predicted molar refractivity (Wildman–Crippen MR) is 68.5 cm³/mol. The zero-order chi connectivity index (χ0) is 13.6. The molecule has 1 aliphatic rings. The highest BCUT2D eigenvalue weighted by Crippen LogP contribution is 2.27. The third kappa shape index (κ3) is 2.03. The highest BCUT2D eigenvalue weighted by Gasteiger charge is 2.27. The minimum Gasteiger partial charge on any atom is -0.422 e. The molecule has 2 aromatic rings. The Morgan fingerprint density at radius 2 is 2.26 bits per heavy atom. The van der Waals surface area contributed by atoms with Crippen molar-refractivity contribution in [2.24, 2.45) is 0 Å². The Morgan fingerprint density at radius 1 is 1.47 bits per heavy atom. The Hall–Kier alpha value is -1.44. The molecule has 0 spiro atoms. The van der Waals surface area contributed by atoms with E-state index in [1.807, 2.05) is 0 Å². The second-order valence-electron chi connectivity index (χ2n) is 4.79. The Kier molecular flexibility index (Phi) is 3.04. The number of benzene rings is 1. The number of hydrogen-bond donors (Lipinski definition) is 2. The molecule has 0 amide bonds. The lowest BCUT2D eigenvalue weighted by Crippen LogP contribution is -2.32. The summed E-state index contributed by atoms with van der Waals surface area (Å²) < 4.78 is 20.8. The van der Waals surface area contributed by atoms with Crippen molar-refractivity contribution in [3.63, 3.8) is 0 Å². The molecule has 0 saturated carbocycles. The molecule has 1 unspecified atom stereocenters. The molecule has 1 aliphatic heterocycles. The van der Waals surface area contributed by atoms with Gasteiger partial charge in [0.25, 0.3) is 0 Å². The van der Waals surface area contributed by atoms with Crippen LogP contribution in [0.25, 0.3) is 10.9 Å². The van der Waals surface area contributed by atoms with Gasteiger partial charge in [0, 0.05) is 12.0 Å². The molecule has 7 heteroatoms. The topological polar surface area (TPSA) is 67.5 Å². The van der Waals surface area contributed by atoms with Gasteiger partial charge in [-0.2, -0.15) is 5.10 Å². The highest BCUT2D eigenvalue weighted by molar-refractivity contribution is 6.60. The van der Waals surface area contributed by atoms with Gasteiger partial charge in [0.05, 0.1) is 5.52 Å². The van der Waals surface area contributed by atoms with E-state index in [-0.39, 0.29) is 17.6 Å². The third-order valence-corrected chi connectivity index (χ3v) is 3.44. The molecule has 1 atom stereocenters. The van der Waals surface area contributed by atoms with Crippen LogP contribution in [0.1, 0.15) is 24.6 Å². The summed E-state index contributed by atoms with van der Waals surface area (Å²) in [6.07, 6.45) is 1.53. The summed E-state index contributed by atoms with van der Waals surface area (Å²) in [7, 11) is -1.73. The molecule has 100 valence electrons. The maximum Gasteiger partial charge on any atom is 0.510 e. The van der Waals surface area contributed by atoms with E-state index in [9.17, 15) is 14.4 Å². The first kappa shape index (κ1) is 12.6. The summed E-state index contributed by atoms with van der Waals surface area (Å²) >= 11 is 0. The van der Waals surface area contributed by atoms with E-state index in [4.69, 9.17) is 4.74 Å². The van der Waals surface area contributed by atoms with Gasteiger partial charge in [-0.05, 0) is 37.5 Å². The SMILES string of the molecule is Cc1cc2c(cc1F)c(B(O)O)nn2C1CCCO1. The Labute approximate surface area is 109 Å². The first-order valence-corrected chi connectivity index (χ1v) is 6.24. The fourth-order valence-electron chi connectivity index (χ4n) is 2.45. The average Bonchev–Trinajstić information content (AvgIpc) is 2.96.